The van der Waals surface area contributed by atoms with E-state index in [1.54, 1.807) is 6.08 Å². The Bertz CT molecular complexity index is 934. The van der Waals surface area contributed by atoms with Crippen LogP contribution in [0.3, 0.4) is 0 Å². The fourth-order valence-electron chi connectivity index (χ4n) is 3.06. The van der Waals surface area contributed by atoms with Crippen molar-refractivity contribution in [3.63, 3.8) is 0 Å². The lowest BCUT2D eigenvalue weighted by Gasteiger charge is -2.32. The number of carbonyl (C=O) groups is 1. The molecule has 148 valence electrons. The second-order valence-electron chi connectivity index (χ2n) is 6.80. The summed E-state index contributed by atoms with van der Waals surface area (Å²) < 4.78 is 26.5. The first-order valence-corrected chi connectivity index (χ1v) is 10.8. The number of benzene rings is 2. The summed E-state index contributed by atoms with van der Waals surface area (Å²) in [5.41, 5.74) is 2.66. The Hall–Kier alpha value is -2.48. The number of rotatable bonds is 6. The predicted octanol–water partition coefficient (Wildman–Crippen LogP) is 2.55. The molecule has 0 saturated carbocycles. The number of para-hydroxylation sites is 1. The minimum atomic E-state index is -3.46. The van der Waals surface area contributed by atoms with E-state index in [0.717, 1.165) is 16.8 Å². The molecular formula is C21H25N3O3S. The molecule has 1 heterocycles. The molecule has 7 heteroatoms. The van der Waals surface area contributed by atoms with E-state index in [1.807, 2.05) is 66.4 Å². The van der Waals surface area contributed by atoms with Crippen LogP contribution < -0.4 is 5.32 Å². The van der Waals surface area contributed by atoms with Gasteiger partial charge in [0, 0.05) is 37.3 Å². The molecule has 0 radical (unpaired) electrons. The molecule has 1 aliphatic heterocycles. The molecule has 2 aromatic carbocycles. The summed E-state index contributed by atoms with van der Waals surface area (Å²) in [6, 6.07) is 17.0. The Morgan fingerprint density at radius 3 is 2.32 bits per heavy atom. The highest BCUT2D eigenvalue weighted by atomic mass is 32.2. The number of nitrogens with one attached hydrogen (secondary N) is 1. The normalized spacial score (nSPS) is 16.3. The molecule has 0 bridgehead atoms. The summed E-state index contributed by atoms with van der Waals surface area (Å²) in [4.78, 5) is 14.2. The van der Waals surface area contributed by atoms with Gasteiger partial charge in [0.1, 0.15) is 0 Å². The molecule has 6 nitrogen and oxygen atoms in total. The monoisotopic (exact) mass is 399 g/mol. The van der Waals surface area contributed by atoms with Crippen molar-refractivity contribution >= 4 is 27.7 Å². The van der Waals surface area contributed by atoms with Crippen LogP contribution in [0.5, 0.6) is 0 Å². The molecule has 2 aromatic rings. The first-order chi connectivity index (χ1) is 13.4. The van der Waals surface area contributed by atoms with Crippen molar-refractivity contribution in [3.05, 3.63) is 71.1 Å². The molecule has 1 amide bonds. The Morgan fingerprint density at radius 2 is 1.64 bits per heavy atom. The summed E-state index contributed by atoms with van der Waals surface area (Å²) in [5, 5.41) is 4.17. The lowest BCUT2D eigenvalue weighted by atomic mass is 10.2. The summed E-state index contributed by atoms with van der Waals surface area (Å²) in [6.07, 6.45) is 1.61. The van der Waals surface area contributed by atoms with Gasteiger partial charge in [0.05, 0.1) is 6.54 Å². The fraction of sp³-hybridized carbons (Fsp3) is 0.286. The lowest BCUT2D eigenvalue weighted by Crippen LogP contribution is -2.49. The minimum Gasteiger partial charge on any atom is -0.325 e. The number of amides is 1. The van der Waals surface area contributed by atoms with Gasteiger partial charge in [-0.15, -0.1) is 0 Å². The highest BCUT2D eigenvalue weighted by Gasteiger charge is 2.25. The zero-order chi connectivity index (χ0) is 20.0. The molecule has 3 rings (SSSR count). The number of hydrogen-bond donors (Lipinski definition) is 1. The largest absolute Gasteiger partial charge is 0.325 e. The van der Waals surface area contributed by atoms with Gasteiger partial charge in [-0.2, -0.15) is 4.31 Å². The lowest BCUT2D eigenvalue weighted by molar-refractivity contribution is -0.117. The van der Waals surface area contributed by atoms with Crippen LogP contribution in [0.1, 0.15) is 11.1 Å². The third-order valence-corrected chi connectivity index (χ3v) is 6.27. The minimum absolute atomic E-state index is 0.0884. The van der Waals surface area contributed by atoms with E-state index < -0.39 is 10.0 Å². The Labute approximate surface area is 166 Å². The third-order valence-electron chi connectivity index (χ3n) is 4.71. The maximum atomic E-state index is 12.5. The van der Waals surface area contributed by atoms with Crippen molar-refractivity contribution in [1.82, 2.24) is 9.21 Å². The fourth-order valence-corrected chi connectivity index (χ4v) is 4.24. The van der Waals surface area contributed by atoms with Gasteiger partial charge in [-0.05, 0) is 30.2 Å². The molecule has 1 N–H and O–H groups in total. The first kappa shape index (κ1) is 20.3. The van der Waals surface area contributed by atoms with Crippen LogP contribution in [0.2, 0.25) is 0 Å². The zero-order valence-corrected chi connectivity index (χ0v) is 16.7. The van der Waals surface area contributed by atoms with Gasteiger partial charge >= 0.3 is 0 Å². The van der Waals surface area contributed by atoms with E-state index in [-0.39, 0.29) is 12.5 Å². The second-order valence-corrected chi connectivity index (χ2v) is 8.62. The molecule has 0 unspecified atom stereocenters. The standard InChI is InChI=1S/C21H25N3O3S/c1-18-7-5-6-10-20(18)22-21(25)17-23-12-14-24(15-13-23)28(26,27)16-11-19-8-3-2-4-9-19/h2-11,16H,12-15,17H2,1H3,(H,22,25). The Kier molecular flexibility index (Phi) is 6.61. The molecule has 0 aromatic heterocycles. The quantitative estimate of drug-likeness (QED) is 0.811. The number of sulfonamides is 1. The van der Waals surface area contributed by atoms with Crippen molar-refractivity contribution < 1.29 is 13.2 Å². The van der Waals surface area contributed by atoms with Crippen LogP contribution in [-0.2, 0) is 14.8 Å². The maximum absolute atomic E-state index is 12.5. The van der Waals surface area contributed by atoms with Crippen molar-refractivity contribution in [2.45, 2.75) is 6.92 Å². The molecule has 1 aliphatic rings. The number of nitrogens with zero attached hydrogens (tertiary/aromatic N) is 2. The molecule has 0 aliphatic carbocycles. The summed E-state index contributed by atoms with van der Waals surface area (Å²) in [5.74, 6) is -0.0884. The average Bonchev–Trinajstić information content (AvgIpc) is 2.69. The van der Waals surface area contributed by atoms with E-state index in [2.05, 4.69) is 5.32 Å². The Balaban J connectivity index is 1.50. The maximum Gasteiger partial charge on any atom is 0.238 e. The number of piperazine rings is 1. The molecule has 0 spiro atoms. The van der Waals surface area contributed by atoms with Gasteiger partial charge < -0.3 is 5.32 Å². The second kappa shape index (κ2) is 9.14. The topological polar surface area (TPSA) is 69.7 Å². The number of carbonyl (C=O) groups excluding carboxylic acids is 1. The van der Waals surface area contributed by atoms with E-state index in [0.29, 0.717) is 26.2 Å². The summed E-state index contributed by atoms with van der Waals surface area (Å²) in [6.45, 7) is 4.00. The van der Waals surface area contributed by atoms with Crippen molar-refractivity contribution in [2.75, 3.05) is 38.0 Å². The van der Waals surface area contributed by atoms with E-state index in [1.165, 1.54) is 9.71 Å². The van der Waals surface area contributed by atoms with Gasteiger partial charge in [-0.25, -0.2) is 8.42 Å². The van der Waals surface area contributed by atoms with Crippen LogP contribution in [-0.4, -0.2) is 56.3 Å². The van der Waals surface area contributed by atoms with Crippen LogP contribution in [0.15, 0.2) is 60.0 Å². The van der Waals surface area contributed by atoms with Crippen LogP contribution in [0.4, 0.5) is 5.69 Å². The van der Waals surface area contributed by atoms with Gasteiger partial charge in [0.2, 0.25) is 15.9 Å². The molecular weight excluding hydrogens is 374 g/mol. The summed E-state index contributed by atoms with van der Waals surface area (Å²) in [7, 11) is -3.46. The molecule has 28 heavy (non-hydrogen) atoms. The highest BCUT2D eigenvalue weighted by Crippen LogP contribution is 2.14. The van der Waals surface area contributed by atoms with Crippen LogP contribution in [0, 0.1) is 6.92 Å². The number of hydrogen-bond acceptors (Lipinski definition) is 4. The smallest absolute Gasteiger partial charge is 0.238 e. The van der Waals surface area contributed by atoms with Crippen molar-refractivity contribution in [1.29, 1.82) is 0 Å². The van der Waals surface area contributed by atoms with E-state index >= 15 is 0 Å². The predicted molar refractivity (Wildman–Crippen MR) is 112 cm³/mol. The molecule has 1 fully saturated rings. The van der Waals surface area contributed by atoms with Gasteiger partial charge in [-0.3, -0.25) is 9.69 Å². The Morgan fingerprint density at radius 1 is 1.00 bits per heavy atom. The average molecular weight is 400 g/mol. The van der Waals surface area contributed by atoms with Gasteiger partial charge in [-0.1, -0.05) is 48.5 Å². The van der Waals surface area contributed by atoms with E-state index in [4.69, 9.17) is 0 Å². The van der Waals surface area contributed by atoms with E-state index in [9.17, 15) is 13.2 Å². The van der Waals surface area contributed by atoms with Crippen LogP contribution >= 0.6 is 0 Å². The van der Waals surface area contributed by atoms with Gasteiger partial charge in [0.25, 0.3) is 0 Å². The number of anilines is 1. The first-order valence-electron chi connectivity index (χ1n) is 9.25. The van der Waals surface area contributed by atoms with Crippen molar-refractivity contribution in [2.24, 2.45) is 0 Å². The van der Waals surface area contributed by atoms with Crippen molar-refractivity contribution in [3.8, 4) is 0 Å². The third kappa shape index (κ3) is 5.51. The number of aryl methyl sites for hydroxylation is 1. The van der Waals surface area contributed by atoms with Gasteiger partial charge in [0.15, 0.2) is 0 Å². The van der Waals surface area contributed by atoms with Crippen LogP contribution in [0.25, 0.3) is 6.08 Å². The summed E-state index contributed by atoms with van der Waals surface area (Å²) >= 11 is 0. The zero-order valence-electron chi connectivity index (χ0n) is 15.9. The highest BCUT2D eigenvalue weighted by molar-refractivity contribution is 7.92. The molecule has 0 atom stereocenters. The molecule has 1 saturated heterocycles. The SMILES string of the molecule is Cc1ccccc1NC(=O)CN1CCN(S(=O)(=O)C=Cc2ccccc2)CC1.